The number of rotatable bonds is 4. The van der Waals surface area contributed by atoms with Crippen molar-refractivity contribution >= 4 is 17.2 Å². The molecule has 0 N–H and O–H groups in total. The standard InChI is InChI=1S/C19H24N2O2S/c1-14-4-5-18-16(8-14)10-21(17(12-23-18)11-20(2)3)19(22)9-15-6-7-24-13-15/h4-8,13,17H,9-12H2,1-3H3/t17-/m0/s1. The van der Waals surface area contributed by atoms with Gasteiger partial charge in [-0.25, -0.2) is 0 Å². The molecule has 2 heterocycles. The molecule has 0 fully saturated rings. The lowest BCUT2D eigenvalue weighted by Gasteiger charge is -2.31. The Morgan fingerprint density at radius 1 is 1.38 bits per heavy atom. The van der Waals surface area contributed by atoms with E-state index >= 15 is 0 Å². The molecule has 4 nitrogen and oxygen atoms in total. The van der Waals surface area contributed by atoms with Crippen LogP contribution in [-0.2, 0) is 17.8 Å². The van der Waals surface area contributed by atoms with Crippen LogP contribution in [0.3, 0.4) is 0 Å². The molecule has 0 unspecified atom stereocenters. The highest BCUT2D eigenvalue weighted by Crippen LogP contribution is 2.27. The maximum atomic E-state index is 13.0. The van der Waals surface area contributed by atoms with Crippen molar-refractivity contribution in [2.24, 2.45) is 0 Å². The van der Waals surface area contributed by atoms with Crippen LogP contribution < -0.4 is 4.74 Å². The summed E-state index contributed by atoms with van der Waals surface area (Å²) in [7, 11) is 4.06. The van der Waals surface area contributed by atoms with Crippen LogP contribution in [0.25, 0.3) is 0 Å². The summed E-state index contributed by atoms with van der Waals surface area (Å²) in [6.45, 7) is 4.00. The van der Waals surface area contributed by atoms with Gasteiger partial charge in [0.1, 0.15) is 12.4 Å². The van der Waals surface area contributed by atoms with Crippen LogP contribution in [0.2, 0.25) is 0 Å². The number of aryl methyl sites for hydroxylation is 1. The molecular weight excluding hydrogens is 320 g/mol. The summed E-state index contributed by atoms with van der Waals surface area (Å²) < 4.78 is 6.01. The minimum atomic E-state index is 0.0545. The van der Waals surface area contributed by atoms with Gasteiger partial charge in [0.25, 0.3) is 0 Å². The summed E-state index contributed by atoms with van der Waals surface area (Å²) in [6.07, 6.45) is 0.453. The lowest BCUT2D eigenvalue weighted by atomic mass is 10.1. The van der Waals surface area contributed by atoms with Crippen molar-refractivity contribution in [3.63, 3.8) is 0 Å². The number of likely N-dealkylation sites (N-methyl/N-ethyl adjacent to an activating group) is 1. The number of carbonyl (C=O) groups excluding carboxylic acids is 1. The number of benzene rings is 1. The van der Waals surface area contributed by atoms with Crippen LogP contribution >= 0.6 is 11.3 Å². The average molecular weight is 344 g/mol. The molecule has 1 aromatic carbocycles. The molecule has 1 atom stereocenters. The number of fused-ring (bicyclic) bond motifs is 1. The van der Waals surface area contributed by atoms with Crippen LogP contribution in [0.15, 0.2) is 35.0 Å². The first-order chi connectivity index (χ1) is 11.5. The first-order valence-corrected chi connectivity index (χ1v) is 9.15. The molecule has 1 aromatic heterocycles. The Hall–Kier alpha value is -1.85. The van der Waals surface area contributed by atoms with E-state index < -0.39 is 0 Å². The van der Waals surface area contributed by atoms with E-state index in [0.29, 0.717) is 19.6 Å². The first-order valence-electron chi connectivity index (χ1n) is 8.20. The smallest absolute Gasteiger partial charge is 0.227 e. The van der Waals surface area contributed by atoms with Gasteiger partial charge in [0.2, 0.25) is 5.91 Å². The Morgan fingerprint density at radius 3 is 2.92 bits per heavy atom. The molecule has 1 amide bonds. The maximum absolute atomic E-state index is 13.0. The van der Waals surface area contributed by atoms with Gasteiger partial charge in [0.05, 0.1) is 12.5 Å². The minimum absolute atomic E-state index is 0.0545. The van der Waals surface area contributed by atoms with Crippen molar-refractivity contribution in [3.05, 3.63) is 51.7 Å². The predicted molar refractivity (Wildman–Crippen MR) is 97.6 cm³/mol. The summed E-state index contributed by atoms with van der Waals surface area (Å²) in [4.78, 5) is 17.1. The number of thiophene rings is 1. The number of nitrogens with zero attached hydrogens (tertiary/aromatic N) is 2. The second kappa shape index (κ2) is 7.36. The molecule has 3 rings (SSSR count). The molecule has 1 aliphatic heterocycles. The highest BCUT2D eigenvalue weighted by molar-refractivity contribution is 7.08. The molecule has 0 saturated carbocycles. The lowest BCUT2D eigenvalue weighted by molar-refractivity contribution is -0.134. The van der Waals surface area contributed by atoms with Crippen molar-refractivity contribution in [2.45, 2.75) is 25.9 Å². The van der Waals surface area contributed by atoms with E-state index in [9.17, 15) is 4.79 Å². The number of amides is 1. The highest BCUT2D eigenvalue weighted by Gasteiger charge is 2.29. The largest absolute Gasteiger partial charge is 0.491 e. The zero-order chi connectivity index (χ0) is 17.1. The van der Waals surface area contributed by atoms with E-state index in [4.69, 9.17) is 4.74 Å². The van der Waals surface area contributed by atoms with Gasteiger partial charge in [-0.15, -0.1) is 0 Å². The summed E-state index contributed by atoms with van der Waals surface area (Å²) in [5.41, 5.74) is 3.37. The summed E-state index contributed by atoms with van der Waals surface area (Å²) in [6, 6.07) is 8.28. The molecule has 2 aromatic rings. The number of hydrogen-bond acceptors (Lipinski definition) is 4. The van der Waals surface area contributed by atoms with Crippen LogP contribution in [0, 0.1) is 6.92 Å². The summed E-state index contributed by atoms with van der Waals surface area (Å²) in [5.74, 6) is 1.06. The second-order valence-corrected chi connectivity index (χ2v) is 7.45. The third-order valence-corrected chi connectivity index (χ3v) is 4.99. The SMILES string of the molecule is Cc1ccc2c(c1)CN(C(=O)Cc1ccsc1)[C@@H](CN(C)C)CO2. The average Bonchev–Trinajstić information content (AvgIpc) is 2.96. The van der Waals surface area contributed by atoms with E-state index in [1.807, 2.05) is 41.9 Å². The third kappa shape index (κ3) is 3.97. The van der Waals surface area contributed by atoms with E-state index in [0.717, 1.165) is 23.4 Å². The fourth-order valence-corrected chi connectivity index (χ4v) is 3.76. The fraction of sp³-hybridized carbons (Fsp3) is 0.421. The van der Waals surface area contributed by atoms with E-state index in [1.54, 1.807) is 11.3 Å². The van der Waals surface area contributed by atoms with Crippen LogP contribution in [0.1, 0.15) is 16.7 Å². The third-order valence-electron chi connectivity index (χ3n) is 4.26. The normalized spacial score (nSPS) is 17.3. The van der Waals surface area contributed by atoms with Crippen LogP contribution in [0.4, 0.5) is 0 Å². The Labute approximate surface area is 147 Å². The van der Waals surface area contributed by atoms with Gasteiger partial charge in [0, 0.05) is 18.7 Å². The lowest BCUT2D eigenvalue weighted by Crippen LogP contribution is -2.47. The van der Waals surface area contributed by atoms with Gasteiger partial charge in [-0.1, -0.05) is 17.7 Å². The van der Waals surface area contributed by atoms with Gasteiger partial charge in [-0.05, 0) is 49.5 Å². The maximum Gasteiger partial charge on any atom is 0.227 e. The summed E-state index contributed by atoms with van der Waals surface area (Å²) >= 11 is 1.63. The minimum Gasteiger partial charge on any atom is -0.491 e. The van der Waals surface area contributed by atoms with Crippen molar-refractivity contribution in [2.75, 3.05) is 27.2 Å². The van der Waals surface area contributed by atoms with Gasteiger partial charge in [-0.3, -0.25) is 4.79 Å². The summed E-state index contributed by atoms with van der Waals surface area (Å²) in [5, 5.41) is 4.06. The molecule has 1 aliphatic rings. The van der Waals surface area contributed by atoms with E-state index in [-0.39, 0.29) is 11.9 Å². The monoisotopic (exact) mass is 344 g/mol. The quantitative estimate of drug-likeness (QED) is 0.855. The van der Waals surface area contributed by atoms with Crippen molar-refractivity contribution in [1.82, 2.24) is 9.80 Å². The topological polar surface area (TPSA) is 32.8 Å². The molecule has 128 valence electrons. The highest BCUT2D eigenvalue weighted by atomic mass is 32.1. The molecule has 24 heavy (non-hydrogen) atoms. The molecule has 5 heteroatoms. The molecule has 0 spiro atoms. The van der Waals surface area contributed by atoms with Gasteiger partial charge < -0.3 is 14.5 Å². The van der Waals surface area contributed by atoms with Gasteiger partial charge in [-0.2, -0.15) is 11.3 Å². The Kier molecular flexibility index (Phi) is 5.21. The van der Waals surface area contributed by atoms with Gasteiger partial charge >= 0.3 is 0 Å². The van der Waals surface area contributed by atoms with Crippen molar-refractivity contribution in [3.8, 4) is 5.75 Å². The molecule has 0 bridgehead atoms. The van der Waals surface area contributed by atoms with Crippen molar-refractivity contribution in [1.29, 1.82) is 0 Å². The van der Waals surface area contributed by atoms with E-state index in [2.05, 4.69) is 24.0 Å². The zero-order valence-corrected chi connectivity index (χ0v) is 15.3. The Balaban J connectivity index is 1.86. The Bertz CT molecular complexity index is 697. The number of hydrogen-bond donors (Lipinski definition) is 0. The first kappa shape index (κ1) is 17.0. The number of ether oxygens (including phenoxy) is 1. The molecule has 0 radical (unpaired) electrons. The van der Waals surface area contributed by atoms with Crippen LogP contribution in [-0.4, -0.2) is 49.0 Å². The second-order valence-electron chi connectivity index (χ2n) is 6.67. The van der Waals surface area contributed by atoms with Crippen molar-refractivity contribution < 1.29 is 9.53 Å². The number of carbonyl (C=O) groups is 1. The molecular formula is C19H24N2O2S. The predicted octanol–water partition coefficient (Wildman–Crippen LogP) is 2.95. The molecule has 0 saturated heterocycles. The Morgan fingerprint density at radius 2 is 2.21 bits per heavy atom. The van der Waals surface area contributed by atoms with Gasteiger partial charge in [0.15, 0.2) is 0 Å². The fourth-order valence-electron chi connectivity index (χ4n) is 3.10. The van der Waals surface area contributed by atoms with E-state index in [1.165, 1.54) is 5.56 Å². The zero-order valence-electron chi connectivity index (χ0n) is 14.5. The van der Waals surface area contributed by atoms with Crippen LogP contribution in [0.5, 0.6) is 5.75 Å². The molecule has 0 aliphatic carbocycles.